The van der Waals surface area contributed by atoms with Crippen LogP contribution in [0.3, 0.4) is 0 Å². The number of nitrogens with zero attached hydrogens (tertiary/aromatic N) is 5. The van der Waals surface area contributed by atoms with E-state index in [1.165, 1.54) is 4.90 Å². The number of halogens is 4. The lowest BCUT2D eigenvalue weighted by Gasteiger charge is -2.39. The van der Waals surface area contributed by atoms with Gasteiger partial charge < -0.3 is 20.2 Å². The molecule has 2 fully saturated rings. The van der Waals surface area contributed by atoms with Gasteiger partial charge in [0, 0.05) is 37.8 Å². The summed E-state index contributed by atoms with van der Waals surface area (Å²) in [4.78, 5) is 27.0. The Hall–Kier alpha value is -2.82. The number of nitrogens with one attached hydrogen (secondary N) is 1. The van der Waals surface area contributed by atoms with Crippen LogP contribution in [0, 0.1) is 0 Å². The lowest BCUT2D eigenvalue weighted by Crippen LogP contribution is -2.54. The molecule has 0 spiro atoms. The number of hydrogen-bond donors (Lipinski definition) is 2. The number of carboxylic acid groups (broad SMARTS) is 1. The summed E-state index contributed by atoms with van der Waals surface area (Å²) >= 11 is 5.69. The minimum absolute atomic E-state index is 0.0434. The van der Waals surface area contributed by atoms with Crippen LogP contribution < -0.4 is 10.2 Å². The molecule has 1 saturated carbocycles. The highest BCUT2D eigenvalue weighted by Crippen LogP contribution is 2.44. The molecule has 0 radical (unpaired) electrons. The van der Waals surface area contributed by atoms with E-state index in [9.17, 15) is 23.1 Å². The van der Waals surface area contributed by atoms with Crippen molar-refractivity contribution in [3.63, 3.8) is 0 Å². The van der Waals surface area contributed by atoms with Crippen molar-refractivity contribution in [1.29, 1.82) is 0 Å². The first-order valence-corrected chi connectivity index (χ1v) is 10.1. The molecule has 1 saturated heterocycles. The van der Waals surface area contributed by atoms with Crippen LogP contribution in [0.5, 0.6) is 0 Å². The maximum absolute atomic E-state index is 12.9. The molecule has 12 heteroatoms. The molecule has 3 heterocycles. The summed E-state index contributed by atoms with van der Waals surface area (Å²) in [5, 5.41) is 11.5. The zero-order valence-electron chi connectivity index (χ0n) is 16.5. The summed E-state index contributed by atoms with van der Waals surface area (Å²) < 4.78 is 38.6. The van der Waals surface area contributed by atoms with Crippen LogP contribution in [0.25, 0.3) is 0 Å². The molecule has 1 aliphatic carbocycles. The van der Waals surface area contributed by atoms with Crippen LogP contribution in [0.4, 0.5) is 35.4 Å². The number of hydrogen-bond acceptors (Lipinski definition) is 6. The van der Waals surface area contributed by atoms with Crippen molar-refractivity contribution in [1.82, 2.24) is 19.9 Å². The lowest BCUT2D eigenvalue weighted by molar-refractivity contribution is -0.137. The second-order valence-corrected chi connectivity index (χ2v) is 8.03. The van der Waals surface area contributed by atoms with E-state index in [1.54, 1.807) is 12.1 Å². The number of aromatic nitrogens is 3. The van der Waals surface area contributed by atoms with Crippen LogP contribution in [-0.4, -0.2) is 56.7 Å². The second-order valence-electron chi connectivity index (χ2n) is 7.67. The van der Waals surface area contributed by atoms with Gasteiger partial charge in [0.25, 0.3) is 0 Å². The number of piperazine rings is 1. The van der Waals surface area contributed by atoms with Crippen molar-refractivity contribution < 1.29 is 23.1 Å². The van der Waals surface area contributed by atoms with E-state index in [-0.39, 0.29) is 17.9 Å². The molecule has 1 amide bonds. The van der Waals surface area contributed by atoms with Gasteiger partial charge in [-0.2, -0.15) is 13.2 Å². The van der Waals surface area contributed by atoms with Gasteiger partial charge in [-0.15, -0.1) is 0 Å². The molecule has 2 N–H and O–H groups in total. The molecule has 4 rings (SSSR count). The third-order valence-electron chi connectivity index (χ3n) is 5.37. The third kappa shape index (κ3) is 4.60. The van der Waals surface area contributed by atoms with E-state index in [1.807, 2.05) is 11.8 Å². The van der Waals surface area contributed by atoms with E-state index in [2.05, 4.69) is 15.3 Å². The van der Waals surface area contributed by atoms with Crippen LogP contribution in [-0.2, 0) is 6.18 Å². The molecule has 0 bridgehead atoms. The Kier molecular flexibility index (Phi) is 5.54. The molecule has 2 aliphatic rings. The van der Waals surface area contributed by atoms with Gasteiger partial charge in [0.2, 0.25) is 5.95 Å². The Bertz CT molecular complexity index is 1000. The van der Waals surface area contributed by atoms with Gasteiger partial charge >= 0.3 is 12.3 Å². The van der Waals surface area contributed by atoms with E-state index < -0.39 is 23.0 Å². The molecule has 1 atom stereocenters. The van der Waals surface area contributed by atoms with Crippen molar-refractivity contribution >= 4 is 35.1 Å². The highest BCUT2D eigenvalue weighted by molar-refractivity contribution is 6.30. The molecule has 0 aromatic carbocycles. The van der Waals surface area contributed by atoms with Crippen molar-refractivity contribution in [2.24, 2.45) is 0 Å². The van der Waals surface area contributed by atoms with Gasteiger partial charge in [-0.05, 0) is 31.9 Å². The molecule has 166 valence electrons. The molecule has 1 aliphatic heterocycles. The Morgan fingerprint density at radius 3 is 2.58 bits per heavy atom. The van der Waals surface area contributed by atoms with Gasteiger partial charge in [0.15, 0.2) is 0 Å². The minimum atomic E-state index is -4.63. The Morgan fingerprint density at radius 1 is 1.26 bits per heavy atom. The first-order chi connectivity index (χ1) is 14.6. The Labute approximate surface area is 181 Å². The number of alkyl halides is 3. The topological polar surface area (TPSA) is 94.5 Å². The summed E-state index contributed by atoms with van der Waals surface area (Å²) in [6.45, 7) is 3.28. The lowest BCUT2D eigenvalue weighted by atomic mass is 10.1. The fourth-order valence-electron chi connectivity index (χ4n) is 3.60. The van der Waals surface area contributed by atoms with E-state index in [0.29, 0.717) is 31.5 Å². The standard InChI is InChI=1S/C19H20ClF3N6O2/c1-10-9-28(6-7-29(10)18(30)31)14-5-4-13(15(26-14)11-2-3-11)25-17-24-8-12(16(20)27-17)19(21,22)23/h4-5,8,10-11H,2-3,6-7,9H2,1H3,(H,30,31)(H,24,25,27). The fourth-order valence-corrected chi connectivity index (χ4v) is 3.83. The van der Waals surface area contributed by atoms with Crippen molar-refractivity contribution in [3.8, 4) is 0 Å². The molecular weight excluding hydrogens is 437 g/mol. The number of anilines is 3. The summed E-state index contributed by atoms with van der Waals surface area (Å²) in [6.07, 6.45) is -2.99. The summed E-state index contributed by atoms with van der Waals surface area (Å²) in [6, 6.07) is 3.42. The van der Waals surface area contributed by atoms with Crippen LogP contribution in [0.15, 0.2) is 18.3 Å². The molecule has 2 aromatic heterocycles. The third-order valence-corrected chi connectivity index (χ3v) is 5.65. The van der Waals surface area contributed by atoms with E-state index >= 15 is 0 Å². The monoisotopic (exact) mass is 456 g/mol. The zero-order chi connectivity index (χ0) is 22.3. The van der Waals surface area contributed by atoms with Crippen molar-refractivity contribution in [2.75, 3.05) is 29.9 Å². The molecular formula is C19H20ClF3N6O2. The van der Waals surface area contributed by atoms with Crippen LogP contribution in [0.1, 0.15) is 36.9 Å². The smallest absolute Gasteiger partial charge is 0.420 e. The van der Waals surface area contributed by atoms with Gasteiger partial charge in [0.05, 0.1) is 11.4 Å². The molecule has 2 aromatic rings. The predicted molar refractivity (Wildman–Crippen MR) is 108 cm³/mol. The molecule has 8 nitrogen and oxygen atoms in total. The highest BCUT2D eigenvalue weighted by atomic mass is 35.5. The maximum Gasteiger partial charge on any atom is 0.420 e. The van der Waals surface area contributed by atoms with Crippen molar-refractivity contribution in [3.05, 3.63) is 34.7 Å². The summed E-state index contributed by atoms with van der Waals surface area (Å²) in [5.74, 6) is 0.930. The summed E-state index contributed by atoms with van der Waals surface area (Å²) in [5.41, 5.74) is 0.301. The zero-order valence-corrected chi connectivity index (χ0v) is 17.3. The molecule has 1 unspecified atom stereocenters. The van der Waals surface area contributed by atoms with E-state index in [4.69, 9.17) is 16.6 Å². The number of amides is 1. The largest absolute Gasteiger partial charge is 0.465 e. The van der Waals surface area contributed by atoms with Crippen molar-refractivity contribution in [2.45, 2.75) is 37.9 Å². The quantitative estimate of drug-likeness (QED) is 0.660. The van der Waals surface area contributed by atoms with Crippen LogP contribution in [0.2, 0.25) is 5.15 Å². The predicted octanol–water partition coefficient (Wildman–Crippen LogP) is 4.35. The first-order valence-electron chi connectivity index (χ1n) is 9.75. The summed E-state index contributed by atoms with van der Waals surface area (Å²) in [7, 11) is 0. The second kappa shape index (κ2) is 8.03. The normalized spacial score (nSPS) is 19.5. The average molecular weight is 457 g/mol. The van der Waals surface area contributed by atoms with Gasteiger partial charge in [-0.25, -0.2) is 19.7 Å². The van der Waals surface area contributed by atoms with Gasteiger partial charge in [0.1, 0.15) is 16.5 Å². The number of carbonyl (C=O) groups is 1. The fraction of sp³-hybridized carbons (Fsp3) is 0.474. The molecule has 31 heavy (non-hydrogen) atoms. The first kappa shape index (κ1) is 21.4. The van der Waals surface area contributed by atoms with E-state index in [0.717, 1.165) is 24.4 Å². The number of pyridine rings is 1. The van der Waals surface area contributed by atoms with Crippen LogP contribution >= 0.6 is 11.6 Å². The maximum atomic E-state index is 12.9. The van der Waals surface area contributed by atoms with Gasteiger partial charge in [-0.3, -0.25) is 0 Å². The SMILES string of the molecule is CC1CN(c2ccc(Nc3ncc(C(F)(F)F)c(Cl)n3)c(C3CC3)n2)CCN1C(=O)O. The highest BCUT2D eigenvalue weighted by Gasteiger charge is 2.35. The Morgan fingerprint density at radius 2 is 2.00 bits per heavy atom. The Balaban J connectivity index is 1.55. The van der Waals surface area contributed by atoms with Gasteiger partial charge in [-0.1, -0.05) is 11.6 Å². The number of rotatable bonds is 4. The minimum Gasteiger partial charge on any atom is -0.465 e. The average Bonchev–Trinajstić information content (AvgIpc) is 3.52.